The Kier molecular flexibility index (Phi) is 4.83. The zero-order valence-corrected chi connectivity index (χ0v) is 16.4. The molecule has 0 radical (unpaired) electrons. The van der Waals surface area contributed by atoms with E-state index in [2.05, 4.69) is 28.5 Å². The lowest BCUT2D eigenvalue weighted by Crippen LogP contribution is -2.26. The summed E-state index contributed by atoms with van der Waals surface area (Å²) in [6.07, 6.45) is 2.48. The Morgan fingerprint density at radius 3 is 2.70 bits per heavy atom. The van der Waals surface area contributed by atoms with Crippen molar-refractivity contribution in [2.45, 2.75) is 36.8 Å². The Morgan fingerprint density at radius 2 is 1.96 bits per heavy atom. The molecule has 1 atom stereocenters. The van der Waals surface area contributed by atoms with E-state index in [1.165, 1.54) is 30.3 Å². The van der Waals surface area contributed by atoms with Crippen molar-refractivity contribution in [3.8, 4) is 0 Å². The van der Waals surface area contributed by atoms with Gasteiger partial charge in [-0.2, -0.15) is 0 Å². The summed E-state index contributed by atoms with van der Waals surface area (Å²) in [5.41, 5.74) is 4.43. The lowest BCUT2D eigenvalue weighted by Gasteiger charge is -2.22. The molecule has 0 aromatic heterocycles. The Bertz CT molecular complexity index is 906. The number of nitrogens with zero attached hydrogens (tertiary/aromatic N) is 1. The van der Waals surface area contributed by atoms with Gasteiger partial charge in [-0.25, -0.2) is 0 Å². The van der Waals surface area contributed by atoms with Gasteiger partial charge >= 0.3 is 0 Å². The molecule has 27 heavy (non-hydrogen) atoms. The molecule has 2 aromatic carbocycles. The maximum absolute atomic E-state index is 12.7. The van der Waals surface area contributed by atoms with Gasteiger partial charge in [-0.1, -0.05) is 0 Å². The fourth-order valence-corrected chi connectivity index (χ4v) is 4.53. The SMILES string of the molecule is Cc1cc(NC(=O)c2ccc3c(c2)NC(=O)[C@H](C)S3)ccc1N1CCCC1. The van der Waals surface area contributed by atoms with Crippen molar-refractivity contribution in [1.29, 1.82) is 0 Å². The first-order valence-corrected chi connectivity index (χ1v) is 10.2. The Balaban J connectivity index is 1.50. The van der Waals surface area contributed by atoms with Crippen molar-refractivity contribution in [3.63, 3.8) is 0 Å². The molecule has 0 saturated carbocycles. The average Bonchev–Trinajstić information content (AvgIpc) is 3.17. The van der Waals surface area contributed by atoms with Gasteiger partial charge in [-0.05, 0) is 68.7 Å². The molecular weight excluding hydrogens is 358 g/mol. The summed E-state index contributed by atoms with van der Waals surface area (Å²) in [6.45, 7) is 6.15. The summed E-state index contributed by atoms with van der Waals surface area (Å²) in [5.74, 6) is -0.206. The number of aryl methyl sites for hydroxylation is 1. The minimum atomic E-state index is -0.177. The molecule has 0 bridgehead atoms. The van der Waals surface area contributed by atoms with E-state index in [1.54, 1.807) is 12.1 Å². The number of carbonyl (C=O) groups is 2. The molecule has 2 aromatic rings. The molecule has 0 aliphatic carbocycles. The highest BCUT2D eigenvalue weighted by molar-refractivity contribution is 8.00. The summed E-state index contributed by atoms with van der Waals surface area (Å²) < 4.78 is 0. The van der Waals surface area contributed by atoms with Gasteiger partial charge in [0.15, 0.2) is 0 Å². The quantitative estimate of drug-likeness (QED) is 0.833. The number of fused-ring (bicyclic) bond motifs is 1. The van der Waals surface area contributed by atoms with Crippen molar-refractivity contribution in [2.24, 2.45) is 0 Å². The maximum atomic E-state index is 12.7. The Hall–Kier alpha value is -2.47. The first-order chi connectivity index (χ1) is 13.0. The van der Waals surface area contributed by atoms with E-state index in [0.717, 1.165) is 29.2 Å². The number of benzene rings is 2. The second-order valence-corrected chi connectivity index (χ2v) is 8.49. The molecule has 140 valence electrons. The van der Waals surface area contributed by atoms with Crippen LogP contribution < -0.4 is 15.5 Å². The van der Waals surface area contributed by atoms with Crippen LogP contribution in [0, 0.1) is 6.92 Å². The third-order valence-corrected chi connectivity index (χ3v) is 6.25. The van der Waals surface area contributed by atoms with Crippen LogP contribution in [0.5, 0.6) is 0 Å². The Labute approximate surface area is 163 Å². The molecule has 1 fully saturated rings. The van der Waals surface area contributed by atoms with Crippen LogP contribution >= 0.6 is 11.8 Å². The number of rotatable bonds is 3. The number of nitrogens with one attached hydrogen (secondary N) is 2. The van der Waals surface area contributed by atoms with Crippen molar-refractivity contribution < 1.29 is 9.59 Å². The number of anilines is 3. The van der Waals surface area contributed by atoms with E-state index >= 15 is 0 Å². The molecule has 0 unspecified atom stereocenters. The summed E-state index contributed by atoms with van der Waals surface area (Å²) >= 11 is 1.51. The number of thioether (sulfide) groups is 1. The van der Waals surface area contributed by atoms with Crippen LogP contribution in [0.1, 0.15) is 35.7 Å². The average molecular weight is 382 g/mol. The fraction of sp³-hybridized carbons (Fsp3) is 0.333. The molecule has 2 amide bonds. The summed E-state index contributed by atoms with van der Waals surface area (Å²) in [5, 5.41) is 5.72. The molecular formula is C21H23N3O2S. The van der Waals surface area contributed by atoms with Crippen molar-refractivity contribution >= 4 is 40.6 Å². The number of hydrogen-bond acceptors (Lipinski definition) is 4. The van der Waals surface area contributed by atoms with Gasteiger partial charge in [-0.15, -0.1) is 11.8 Å². The van der Waals surface area contributed by atoms with Gasteiger partial charge in [0.2, 0.25) is 5.91 Å². The van der Waals surface area contributed by atoms with Gasteiger partial charge in [-0.3, -0.25) is 9.59 Å². The van der Waals surface area contributed by atoms with Crippen LogP contribution in [-0.2, 0) is 4.79 Å². The highest BCUT2D eigenvalue weighted by Gasteiger charge is 2.24. The van der Waals surface area contributed by atoms with Gasteiger partial charge in [0, 0.05) is 34.9 Å². The second kappa shape index (κ2) is 7.27. The van der Waals surface area contributed by atoms with Crippen LogP contribution in [0.3, 0.4) is 0 Å². The first-order valence-electron chi connectivity index (χ1n) is 9.30. The monoisotopic (exact) mass is 381 g/mol. The second-order valence-electron chi connectivity index (χ2n) is 7.11. The molecule has 5 nitrogen and oxygen atoms in total. The van der Waals surface area contributed by atoms with Crippen LogP contribution in [0.15, 0.2) is 41.3 Å². The van der Waals surface area contributed by atoms with E-state index in [1.807, 2.05) is 25.1 Å². The van der Waals surface area contributed by atoms with Crippen LogP contribution in [0.2, 0.25) is 0 Å². The standard InChI is InChI=1S/C21H23N3O2S/c1-13-11-16(6-7-18(13)24-9-3-4-10-24)22-21(26)15-5-8-19-17(12-15)23-20(25)14(2)27-19/h5-8,11-12,14H,3-4,9-10H2,1-2H3,(H,22,26)(H,23,25)/t14-/m0/s1. The molecule has 2 aliphatic heterocycles. The van der Waals surface area contributed by atoms with E-state index in [0.29, 0.717) is 11.3 Å². The van der Waals surface area contributed by atoms with Crippen molar-refractivity contribution in [1.82, 2.24) is 0 Å². The van der Waals surface area contributed by atoms with Crippen molar-refractivity contribution in [3.05, 3.63) is 47.5 Å². The number of amides is 2. The summed E-state index contributed by atoms with van der Waals surface area (Å²) in [4.78, 5) is 27.9. The van der Waals surface area contributed by atoms with E-state index in [9.17, 15) is 9.59 Å². The third kappa shape index (κ3) is 3.67. The van der Waals surface area contributed by atoms with E-state index in [4.69, 9.17) is 0 Å². The molecule has 2 heterocycles. The van der Waals surface area contributed by atoms with E-state index < -0.39 is 0 Å². The molecule has 1 saturated heterocycles. The highest BCUT2D eigenvalue weighted by Crippen LogP contribution is 2.36. The van der Waals surface area contributed by atoms with Gasteiger partial charge in [0.25, 0.3) is 5.91 Å². The zero-order chi connectivity index (χ0) is 19.0. The normalized spacial score (nSPS) is 18.8. The predicted octanol–water partition coefficient (Wildman–Crippen LogP) is 4.28. The molecule has 0 spiro atoms. The van der Waals surface area contributed by atoms with Gasteiger partial charge in [0.05, 0.1) is 10.9 Å². The first kappa shape index (κ1) is 17.9. The van der Waals surface area contributed by atoms with Crippen molar-refractivity contribution in [2.75, 3.05) is 28.6 Å². The maximum Gasteiger partial charge on any atom is 0.255 e. The largest absolute Gasteiger partial charge is 0.371 e. The van der Waals surface area contributed by atoms with Gasteiger partial charge < -0.3 is 15.5 Å². The molecule has 4 rings (SSSR count). The summed E-state index contributed by atoms with van der Waals surface area (Å²) in [7, 11) is 0. The third-order valence-electron chi connectivity index (χ3n) is 5.07. The number of hydrogen-bond donors (Lipinski definition) is 2. The molecule has 2 aliphatic rings. The van der Waals surface area contributed by atoms with Crippen LogP contribution in [0.4, 0.5) is 17.1 Å². The molecule has 2 N–H and O–H groups in total. The zero-order valence-electron chi connectivity index (χ0n) is 15.5. The molecule has 6 heteroatoms. The highest BCUT2D eigenvalue weighted by atomic mass is 32.2. The minimum absolute atomic E-state index is 0.0295. The van der Waals surface area contributed by atoms with E-state index in [-0.39, 0.29) is 17.1 Å². The number of carbonyl (C=O) groups excluding carboxylic acids is 2. The predicted molar refractivity (Wildman–Crippen MR) is 111 cm³/mol. The van der Waals surface area contributed by atoms with Crippen LogP contribution in [0.25, 0.3) is 0 Å². The van der Waals surface area contributed by atoms with Crippen LogP contribution in [-0.4, -0.2) is 30.2 Å². The van der Waals surface area contributed by atoms with Gasteiger partial charge in [0.1, 0.15) is 0 Å². The minimum Gasteiger partial charge on any atom is -0.371 e. The summed E-state index contributed by atoms with van der Waals surface area (Å²) in [6, 6.07) is 11.5. The fourth-order valence-electron chi connectivity index (χ4n) is 3.60. The lowest BCUT2D eigenvalue weighted by molar-refractivity contribution is -0.115. The smallest absolute Gasteiger partial charge is 0.255 e. The topological polar surface area (TPSA) is 61.4 Å². The lowest BCUT2D eigenvalue weighted by atomic mass is 10.1. The Morgan fingerprint density at radius 1 is 1.19 bits per heavy atom.